The van der Waals surface area contributed by atoms with Gasteiger partial charge in [0.2, 0.25) is 0 Å². The smallest absolute Gasteiger partial charge is 0.307 e. The molecule has 1 heterocycles. The van der Waals surface area contributed by atoms with E-state index < -0.39 is 11.7 Å². The number of carbonyl (C=O) groups is 3. The van der Waals surface area contributed by atoms with Gasteiger partial charge in [0.1, 0.15) is 5.82 Å². The number of nitrogens with zero attached hydrogens (tertiary/aromatic N) is 2. The van der Waals surface area contributed by atoms with E-state index in [4.69, 9.17) is 4.74 Å². The third-order valence-corrected chi connectivity index (χ3v) is 5.27. The highest BCUT2D eigenvalue weighted by atomic mass is 32.1. The molecule has 6 nitrogen and oxygen atoms in total. The molecule has 0 N–H and O–H groups in total. The van der Waals surface area contributed by atoms with Crippen molar-refractivity contribution in [1.82, 2.24) is 4.57 Å². The van der Waals surface area contributed by atoms with Crippen LogP contribution in [0.2, 0.25) is 0 Å². The van der Waals surface area contributed by atoms with Gasteiger partial charge in [0, 0.05) is 17.7 Å². The van der Waals surface area contributed by atoms with E-state index in [0.717, 1.165) is 11.3 Å². The second kappa shape index (κ2) is 8.91. The third kappa shape index (κ3) is 4.83. The lowest BCUT2D eigenvalue weighted by Crippen LogP contribution is -2.19. The quantitative estimate of drug-likeness (QED) is 0.455. The van der Waals surface area contributed by atoms with Crippen LogP contribution in [-0.4, -0.2) is 28.8 Å². The van der Waals surface area contributed by atoms with Gasteiger partial charge in [-0.15, -0.1) is 0 Å². The summed E-state index contributed by atoms with van der Waals surface area (Å²) in [5, 5.41) is 0. The van der Waals surface area contributed by atoms with Crippen LogP contribution < -0.4 is 4.80 Å². The molecule has 0 aliphatic carbocycles. The number of fused-ring (bicyclic) bond motifs is 1. The Balaban J connectivity index is 1.99. The average Bonchev–Trinajstić information content (AvgIpc) is 3.02. The molecule has 1 aromatic heterocycles. The number of esters is 1. The first-order chi connectivity index (χ1) is 13.9. The largest absolute Gasteiger partial charge is 0.466 e. The standard InChI is InChI=1S/C21H19FN2O4S/c1-3-28-19(26)10-11-24-17-9-8-16(22)12-18(17)29-21(24)23-20(27)15-6-4-14(5-7-15)13(2)25/h4-9,12H,3,10-11H2,1-2H3. The monoisotopic (exact) mass is 414 g/mol. The Morgan fingerprint density at radius 2 is 1.79 bits per heavy atom. The Labute approximate surface area is 170 Å². The molecule has 0 saturated heterocycles. The molecule has 0 saturated carbocycles. The molecule has 0 spiro atoms. The van der Waals surface area contributed by atoms with Gasteiger partial charge in [-0.2, -0.15) is 4.99 Å². The topological polar surface area (TPSA) is 77.7 Å². The van der Waals surface area contributed by atoms with E-state index in [1.165, 1.54) is 19.1 Å². The number of amides is 1. The Hall–Kier alpha value is -3.13. The number of carbonyl (C=O) groups excluding carboxylic acids is 3. The Kier molecular flexibility index (Phi) is 6.33. The molecule has 0 aliphatic heterocycles. The second-order valence-corrected chi connectivity index (χ2v) is 7.26. The highest BCUT2D eigenvalue weighted by Crippen LogP contribution is 2.19. The van der Waals surface area contributed by atoms with Gasteiger partial charge in [0.25, 0.3) is 5.91 Å². The molecule has 0 fully saturated rings. The van der Waals surface area contributed by atoms with Crippen LogP contribution in [0.4, 0.5) is 4.39 Å². The maximum atomic E-state index is 13.6. The lowest BCUT2D eigenvalue weighted by Gasteiger charge is -2.05. The number of hydrogen-bond donors (Lipinski definition) is 0. The van der Waals surface area contributed by atoms with Crippen molar-refractivity contribution in [1.29, 1.82) is 0 Å². The van der Waals surface area contributed by atoms with Crippen molar-refractivity contribution in [3.05, 3.63) is 64.2 Å². The first kappa shape index (κ1) is 20.6. The van der Waals surface area contributed by atoms with E-state index in [1.54, 1.807) is 41.8 Å². The molecule has 0 atom stereocenters. The number of aryl methyl sites for hydroxylation is 1. The number of thiazole rings is 1. The molecule has 8 heteroatoms. The van der Waals surface area contributed by atoms with Crippen molar-refractivity contribution >= 4 is 39.2 Å². The van der Waals surface area contributed by atoms with Crippen LogP contribution in [-0.2, 0) is 16.1 Å². The number of Topliss-reactive ketones (excluding diaryl/α,β-unsaturated/α-hetero) is 1. The van der Waals surface area contributed by atoms with Crippen LogP contribution in [0.3, 0.4) is 0 Å². The molecule has 0 radical (unpaired) electrons. The maximum absolute atomic E-state index is 13.6. The summed E-state index contributed by atoms with van der Waals surface area (Å²) in [6.07, 6.45) is 0.103. The number of halogens is 1. The first-order valence-electron chi connectivity index (χ1n) is 9.03. The maximum Gasteiger partial charge on any atom is 0.307 e. The fourth-order valence-corrected chi connectivity index (χ4v) is 3.86. The van der Waals surface area contributed by atoms with Crippen molar-refractivity contribution in [2.45, 2.75) is 26.8 Å². The highest BCUT2D eigenvalue weighted by molar-refractivity contribution is 7.16. The van der Waals surface area contributed by atoms with Crippen LogP contribution in [0.5, 0.6) is 0 Å². The number of aromatic nitrogens is 1. The van der Waals surface area contributed by atoms with Gasteiger partial charge in [-0.3, -0.25) is 14.4 Å². The van der Waals surface area contributed by atoms with Gasteiger partial charge in [-0.05, 0) is 44.2 Å². The number of ketones is 1. The minimum absolute atomic E-state index is 0.0933. The Bertz CT molecular complexity index is 1150. The summed E-state index contributed by atoms with van der Waals surface area (Å²) in [5.41, 5.74) is 1.51. The van der Waals surface area contributed by atoms with Gasteiger partial charge in [-0.1, -0.05) is 23.5 Å². The molecule has 0 bridgehead atoms. The van der Waals surface area contributed by atoms with Crippen LogP contribution >= 0.6 is 11.3 Å². The lowest BCUT2D eigenvalue weighted by atomic mass is 10.1. The molecular formula is C21H19FN2O4S. The molecular weight excluding hydrogens is 395 g/mol. The summed E-state index contributed by atoms with van der Waals surface area (Å²) < 4.78 is 20.9. The van der Waals surface area contributed by atoms with Gasteiger partial charge in [0.15, 0.2) is 10.6 Å². The summed E-state index contributed by atoms with van der Waals surface area (Å²) in [6.45, 7) is 3.71. The van der Waals surface area contributed by atoms with Crippen molar-refractivity contribution < 1.29 is 23.5 Å². The molecule has 150 valence electrons. The minimum Gasteiger partial charge on any atom is -0.466 e. The molecule has 3 aromatic rings. The van der Waals surface area contributed by atoms with Crippen LogP contribution in [0.1, 0.15) is 41.0 Å². The van der Waals surface area contributed by atoms with Gasteiger partial charge in [0.05, 0.1) is 23.2 Å². The van der Waals surface area contributed by atoms with E-state index in [1.807, 2.05) is 0 Å². The summed E-state index contributed by atoms with van der Waals surface area (Å²) >= 11 is 1.16. The number of rotatable bonds is 6. The Morgan fingerprint density at radius 3 is 2.45 bits per heavy atom. The predicted molar refractivity (Wildman–Crippen MR) is 107 cm³/mol. The van der Waals surface area contributed by atoms with Crippen LogP contribution in [0.15, 0.2) is 47.5 Å². The van der Waals surface area contributed by atoms with Gasteiger partial charge in [-0.25, -0.2) is 4.39 Å². The molecule has 0 unspecified atom stereocenters. The number of ether oxygens (including phenoxy) is 1. The Morgan fingerprint density at radius 1 is 1.10 bits per heavy atom. The SMILES string of the molecule is CCOC(=O)CCn1c(=NC(=O)c2ccc(C(C)=O)cc2)sc2cc(F)ccc21. The second-order valence-electron chi connectivity index (χ2n) is 6.25. The van der Waals surface area contributed by atoms with Crippen molar-refractivity contribution in [3.8, 4) is 0 Å². The summed E-state index contributed by atoms with van der Waals surface area (Å²) in [7, 11) is 0. The summed E-state index contributed by atoms with van der Waals surface area (Å²) in [6, 6.07) is 10.5. The van der Waals surface area contributed by atoms with Crippen molar-refractivity contribution in [2.24, 2.45) is 4.99 Å². The summed E-state index contributed by atoms with van der Waals surface area (Å²) in [5.74, 6) is -1.34. The summed E-state index contributed by atoms with van der Waals surface area (Å²) in [4.78, 5) is 40.3. The molecule has 0 aliphatic rings. The average molecular weight is 414 g/mol. The molecule has 2 aromatic carbocycles. The third-order valence-electron chi connectivity index (χ3n) is 4.23. The van der Waals surface area contributed by atoms with Crippen molar-refractivity contribution in [2.75, 3.05) is 6.61 Å². The fraction of sp³-hybridized carbons (Fsp3) is 0.238. The van der Waals surface area contributed by atoms with E-state index >= 15 is 0 Å². The zero-order valence-electron chi connectivity index (χ0n) is 16.0. The number of benzene rings is 2. The van der Waals surface area contributed by atoms with E-state index in [0.29, 0.717) is 26.1 Å². The van der Waals surface area contributed by atoms with Crippen LogP contribution in [0.25, 0.3) is 10.2 Å². The zero-order chi connectivity index (χ0) is 21.0. The van der Waals surface area contributed by atoms with Gasteiger partial charge < -0.3 is 9.30 Å². The first-order valence-corrected chi connectivity index (χ1v) is 9.85. The zero-order valence-corrected chi connectivity index (χ0v) is 16.8. The minimum atomic E-state index is -0.489. The molecule has 3 rings (SSSR count). The normalized spacial score (nSPS) is 11.6. The molecule has 29 heavy (non-hydrogen) atoms. The van der Waals surface area contributed by atoms with E-state index in [2.05, 4.69) is 4.99 Å². The predicted octanol–water partition coefficient (Wildman–Crippen LogP) is 3.74. The lowest BCUT2D eigenvalue weighted by molar-refractivity contribution is -0.143. The van der Waals surface area contributed by atoms with E-state index in [-0.39, 0.29) is 31.3 Å². The molecule has 1 amide bonds. The van der Waals surface area contributed by atoms with Gasteiger partial charge >= 0.3 is 5.97 Å². The number of hydrogen-bond acceptors (Lipinski definition) is 5. The fourth-order valence-electron chi connectivity index (χ4n) is 2.78. The highest BCUT2D eigenvalue weighted by Gasteiger charge is 2.12. The van der Waals surface area contributed by atoms with E-state index in [9.17, 15) is 18.8 Å². The van der Waals surface area contributed by atoms with Crippen molar-refractivity contribution in [3.63, 3.8) is 0 Å². The van der Waals surface area contributed by atoms with Crippen LogP contribution in [0, 0.1) is 5.82 Å².